The molecule has 0 aliphatic carbocycles. The first-order valence-corrected chi connectivity index (χ1v) is 4.58. The SMILES string of the molecule is [CH2]c1cccc(C(C)(Br)C(=O)O)c1. The Morgan fingerprint density at radius 3 is 2.69 bits per heavy atom. The van der Waals surface area contributed by atoms with Gasteiger partial charge < -0.3 is 5.11 Å². The van der Waals surface area contributed by atoms with Crippen LogP contribution in [0.2, 0.25) is 0 Å². The minimum absolute atomic E-state index is 0.701. The summed E-state index contributed by atoms with van der Waals surface area (Å²) in [5.41, 5.74) is 1.51. The van der Waals surface area contributed by atoms with E-state index in [4.69, 9.17) is 5.11 Å². The second kappa shape index (κ2) is 3.50. The lowest BCUT2D eigenvalue weighted by molar-refractivity contribution is -0.139. The fraction of sp³-hybridized carbons (Fsp3) is 0.200. The van der Waals surface area contributed by atoms with Crippen LogP contribution in [0, 0.1) is 6.92 Å². The number of alkyl halides is 1. The van der Waals surface area contributed by atoms with E-state index < -0.39 is 10.3 Å². The lowest BCUT2D eigenvalue weighted by Gasteiger charge is -2.17. The molecule has 1 aromatic carbocycles. The highest BCUT2D eigenvalue weighted by Gasteiger charge is 2.31. The maximum Gasteiger partial charge on any atom is 0.324 e. The first-order chi connectivity index (χ1) is 5.94. The van der Waals surface area contributed by atoms with Crippen LogP contribution in [0.4, 0.5) is 0 Å². The minimum Gasteiger partial charge on any atom is -0.480 e. The number of hydrogen-bond donors (Lipinski definition) is 1. The highest BCUT2D eigenvalue weighted by molar-refractivity contribution is 9.10. The molecule has 0 aliphatic rings. The summed E-state index contributed by atoms with van der Waals surface area (Å²) in [5.74, 6) is -0.905. The van der Waals surface area contributed by atoms with Crippen molar-refractivity contribution < 1.29 is 9.90 Å². The van der Waals surface area contributed by atoms with E-state index in [1.165, 1.54) is 0 Å². The molecule has 0 aromatic heterocycles. The lowest BCUT2D eigenvalue weighted by Crippen LogP contribution is -2.24. The van der Waals surface area contributed by atoms with Crippen LogP contribution in [0.3, 0.4) is 0 Å². The topological polar surface area (TPSA) is 37.3 Å². The molecule has 1 unspecified atom stereocenters. The molecule has 0 heterocycles. The van der Waals surface area contributed by atoms with E-state index >= 15 is 0 Å². The largest absolute Gasteiger partial charge is 0.480 e. The molecule has 1 atom stereocenters. The quantitative estimate of drug-likeness (QED) is 0.809. The van der Waals surface area contributed by atoms with E-state index in [1.54, 1.807) is 25.1 Å². The van der Waals surface area contributed by atoms with E-state index in [9.17, 15) is 4.79 Å². The average Bonchev–Trinajstić information content (AvgIpc) is 2.04. The van der Waals surface area contributed by atoms with Gasteiger partial charge in [-0.15, -0.1) is 0 Å². The smallest absolute Gasteiger partial charge is 0.324 e. The van der Waals surface area contributed by atoms with E-state index in [1.807, 2.05) is 6.07 Å². The Labute approximate surface area is 85.7 Å². The number of carboxylic acids is 1. The molecule has 2 nitrogen and oxygen atoms in total. The number of benzene rings is 1. The Kier molecular flexibility index (Phi) is 2.76. The minimum atomic E-state index is -1.03. The van der Waals surface area contributed by atoms with Crippen molar-refractivity contribution in [2.75, 3.05) is 0 Å². The van der Waals surface area contributed by atoms with Gasteiger partial charge in [-0.2, -0.15) is 0 Å². The molecule has 3 heteroatoms. The van der Waals surface area contributed by atoms with Gasteiger partial charge in [0.1, 0.15) is 4.32 Å². The standard InChI is InChI=1S/C10H10BrO2/c1-7-4-3-5-8(6-7)10(2,11)9(12)13/h3-6H,1H2,2H3,(H,12,13). The third-order valence-corrected chi connectivity index (χ3v) is 2.67. The van der Waals surface area contributed by atoms with Gasteiger partial charge in [0.2, 0.25) is 0 Å². The predicted octanol–water partition coefficient (Wildman–Crippen LogP) is 2.56. The third-order valence-electron chi connectivity index (χ3n) is 1.87. The summed E-state index contributed by atoms with van der Waals surface area (Å²) in [6.45, 7) is 5.34. The van der Waals surface area contributed by atoms with Gasteiger partial charge >= 0.3 is 5.97 Å². The highest BCUT2D eigenvalue weighted by atomic mass is 79.9. The number of hydrogen-bond acceptors (Lipinski definition) is 1. The van der Waals surface area contributed by atoms with Crippen LogP contribution in [0.1, 0.15) is 18.1 Å². The molecule has 0 fully saturated rings. The fourth-order valence-corrected chi connectivity index (χ4v) is 1.23. The number of aliphatic carboxylic acids is 1. The maximum atomic E-state index is 10.9. The molecule has 1 N–H and O–H groups in total. The first-order valence-electron chi connectivity index (χ1n) is 3.79. The van der Waals surface area contributed by atoms with Gasteiger partial charge in [0.15, 0.2) is 0 Å². The predicted molar refractivity (Wildman–Crippen MR) is 54.8 cm³/mol. The normalized spacial score (nSPS) is 15.0. The van der Waals surface area contributed by atoms with Crippen LogP contribution in [-0.2, 0) is 9.12 Å². The molecule has 1 radical (unpaired) electrons. The summed E-state index contributed by atoms with van der Waals surface area (Å²) in [6, 6.07) is 7.13. The molecule has 13 heavy (non-hydrogen) atoms. The molecule has 0 saturated heterocycles. The van der Waals surface area contributed by atoms with Crippen molar-refractivity contribution in [2.45, 2.75) is 11.2 Å². The molecule has 0 spiro atoms. The fourth-order valence-electron chi connectivity index (χ4n) is 0.987. The monoisotopic (exact) mass is 241 g/mol. The zero-order chi connectivity index (χ0) is 10.1. The zero-order valence-electron chi connectivity index (χ0n) is 7.25. The maximum absolute atomic E-state index is 10.9. The van der Waals surface area contributed by atoms with Crippen molar-refractivity contribution in [2.24, 2.45) is 0 Å². The zero-order valence-corrected chi connectivity index (χ0v) is 8.84. The van der Waals surface area contributed by atoms with Crippen molar-refractivity contribution in [3.63, 3.8) is 0 Å². The second-order valence-corrected chi connectivity index (χ2v) is 4.59. The molecule has 0 aliphatic heterocycles. The Morgan fingerprint density at radius 1 is 1.62 bits per heavy atom. The Bertz CT molecular complexity index is 331. The van der Waals surface area contributed by atoms with Crippen LogP contribution in [-0.4, -0.2) is 11.1 Å². The van der Waals surface area contributed by atoms with Gasteiger partial charge in [-0.1, -0.05) is 40.2 Å². The Balaban J connectivity index is 3.14. The lowest BCUT2D eigenvalue weighted by atomic mass is 9.99. The number of rotatable bonds is 2. The van der Waals surface area contributed by atoms with Crippen LogP contribution in [0.15, 0.2) is 24.3 Å². The molecule has 0 bridgehead atoms. The molecular formula is C10H10BrO2. The van der Waals surface area contributed by atoms with E-state index in [2.05, 4.69) is 22.9 Å². The summed E-state index contributed by atoms with van der Waals surface area (Å²) in [4.78, 5) is 10.9. The number of carbonyl (C=O) groups is 1. The summed E-state index contributed by atoms with van der Waals surface area (Å²) >= 11 is 3.16. The van der Waals surface area contributed by atoms with Gasteiger partial charge in [-0.3, -0.25) is 4.79 Å². The summed E-state index contributed by atoms with van der Waals surface area (Å²) in [5, 5.41) is 8.92. The van der Waals surface area contributed by atoms with Crippen molar-refractivity contribution in [1.82, 2.24) is 0 Å². The van der Waals surface area contributed by atoms with Crippen molar-refractivity contribution in [1.29, 1.82) is 0 Å². The molecule has 1 aromatic rings. The van der Waals surface area contributed by atoms with E-state index in [0.29, 0.717) is 5.56 Å². The van der Waals surface area contributed by atoms with Crippen molar-refractivity contribution >= 4 is 21.9 Å². The molecule has 0 amide bonds. The van der Waals surface area contributed by atoms with Gasteiger partial charge in [-0.25, -0.2) is 0 Å². The second-order valence-electron chi connectivity index (χ2n) is 3.01. The van der Waals surface area contributed by atoms with Gasteiger partial charge in [0, 0.05) is 0 Å². The Morgan fingerprint density at radius 2 is 2.23 bits per heavy atom. The molecular weight excluding hydrogens is 232 g/mol. The Hall–Kier alpha value is -0.830. The van der Waals surface area contributed by atoms with Crippen LogP contribution in [0.25, 0.3) is 0 Å². The number of halogens is 1. The van der Waals surface area contributed by atoms with Crippen LogP contribution in [0.5, 0.6) is 0 Å². The van der Waals surface area contributed by atoms with E-state index in [-0.39, 0.29) is 0 Å². The van der Waals surface area contributed by atoms with Crippen LogP contribution >= 0.6 is 15.9 Å². The van der Waals surface area contributed by atoms with Gasteiger partial charge in [0.05, 0.1) is 0 Å². The van der Waals surface area contributed by atoms with Crippen molar-refractivity contribution in [3.05, 3.63) is 42.3 Å². The third kappa shape index (κ3) is 2.10. The molecule has 69 valence electrons. The summed E-state index contributed by atoms with van der Waals surface area (Å²) in [6.07, 6.45) is 0. The summed E-state index contributed by atoms with van der Waals surface area (Å²) in [7, 11) is 0. The van der Waals surface area contributed by atoms with Crippen LogP contribution < -0.4 is 0 Å². The van der Waals surface area contributed by atoms with Crippen molar-refractivity contribution in [3.8, 4) is 0 Å². The summed E-state index contributed by atoms with van der Waals surface area (Å²) < 4.78 is -1.03. The molecule has 1 rings (SSSR count). The van der Waals surface area contributed by atoms with Gasteiger partial charge in [-0.05, 0) is 25.0 Å². The number of carboxylic acid groups (broad SMARTS) is 1. The van der Waals surface area contributed by atoms with Gasteiger partial charge in [0.25, 0.3) is 0 Å². The highest BCUT2D eigenvalue weighted by Crippen LogP contribution is 2.31. The average molecular weight is 242 g/mol. The first kappa shape index (κ1) is 10.3. The van der Waals surface area contributed by atoms with E-state index in [0.717, 1.165) is 5.56 Å². The molecule has 0 saturated carbocycles.